The van der Waals surface area contributed by atoms with Crippen molar-refractivity contribution in [1.29, 1.82) is 0 Å². The summed E-state index contributed by atoms with van der Waals surface area (Å²) in [5.41, 5.74) is 3.17. The van der Waals surface area contributed by atoms with E-state index in [4.69, 9.17) is 0 Å². The highest BCUT2D eigenvalue weighted by atomic mass is 79.9. The fourth-order valence-electron chi connectivity index (χ4n) is 3.41. The summed E-state index contributed by atoms with van der Waals surface area (Å²) in [6.07, 6.45) is 5.15. The van der Waals surface area contributed by atoms with Crippen LogP contribution in [-0.4, -0.2) is 41.2 Å². The number of benzene rings is 2. The average molecular weight is 448 g/mol. The Morgan fingerprint density at radius 2 is 1.96 bits per heavy atom. The van der Waals surface area contributed by atoms with Crippen LogP contribution >= 0.6 is 15.9 Å². The monoisotopic (exact) mass is 447 g/mol. The van der Waals surface area contributed by atoms with E-state index < -0.39 is 16.3 Å². The van der Waals surface area contributed by atoms with Crippen molar-refractivity contribution in [3.63, 3.8) is 0 Å². The van der Waals surface area contributed by atoms with Crippen molar-refractivity contribution in [3.05, 3.63) is 70.0 Å². The zero-order chi connectivity index (χ0) is 19.3. The predicted octanol–water partition coefficient (Wildman–Crippen LogP) is 3.82. The molecule has 2 N–H and O–H groups in total. The van der Waals surface area contributed by atoms with Crippen LogP contribution < -0.4 is 0 Å². The van der Waals surface area contributed by atoms with Crippen LogP contribution in [0.15, 0.2) is 53.3 Å². The molecule has 0 fully saturated rings. The molecule has 0 amide bonds. The van der Waals surface area contributed by atoms with Gasteiger partial charge in [-0.05, 0) is 35.4 Å². The van der Waals surface area contributed by atoms with Crippen molar-refractivity contribution in [2.75, 3.05) is 14.1 Å². The van der Waals surface area contributed by atoms with Crippen molar-refractivity contribution in [2.45, 2.75) is 6.04 Å². The SMILES string of the molecule is CN(C)S(=O)(=O)N1C=Cc2cc(Br)ccc2C1c1c[nH]c2c(O)cccc12. The van der Waals surface area contributed by atoms with Crippen molar-refractivity contribution in [3.8, 4) is 5.75 Å². The summed E-state index contributed by atoms with van der Waals surface area (Å²) in [6, 6.07) is 10.5. The van der Waals surface area contributed by atoms with Gasteiger partial charge in [0.05, 0.1) is 11.6 Å². The molecule has 0 bridgehead atoms. The number of para-hydroxylation sites is 1. The molecule has 8 heteroatoms. The van der Waals surface area contributed by atoms with Gasteiger partial charge in [0.2, 0.25) is 0 Å². The van der Waals surface area contributed by atoms with Gasteiger partial charge < -0.3 is 10.1 Å². The molecule has 4 rings (SSSR count). The number of phenols is 1. The quantitative estimate of drug-likeness (QED) is 0.640. The van der Waals surface area contributed by atoms with Gasteiger partial charge in [-0.25, -0.2) is 0 Å². The molecule has 3 aromatic rings. The van der Waals surface area contributed by atoms with Crippen LogP contribution in [0, 0.1) is 0 Å². The van der Waals surface area contributed by atoms with Gasteiger partial charge in [-0.3, -0.25) is 4.31 Å². The number of aromatic nitrogens is 1. The molecule has 140 valence electrons. The van der Waals surface area contributed by atoms with E-state index in [0.29, 0.717) is 5.52 Å². The molecular weight excluding hydrogens is 430 g/mol. The lowest BCUT2D eigenvalue weighted by atomic mass is 9.92. The first kappa shape index (κ1) is 18.1. The van der Waals surface area contributed by atoms with Gasteiger partial charge in [0.1, 0.15) is 5.75 Å². The normalized spacial score (nSPS) is 16.9. The molecule has 1 aliphatic heterocycles. The van der Waals surface area contributed by atoms with Crippen molar-refractivity contribution < 1.29 is 13.5 Å². The van der Waals surface area contributed by atoms with Gasteiger partial charge in [-0.15, -0.1) is 0 Å². The molecule has 1 aromatic heterocycles. The Balaban J connectivity index is 2.00. The topological polar surface area (TPSA) is 76.6 Å². The van der Waals surface area contributed by atoms with E-state index in [2.05, 4.69) is 20.9 Å². The largest absolute Gasteiger partial charge is 0.506 e. The molecule has 6 nitrogen and oxygen atoms in total. The fourth-order valence-corrected chi connectivity index (χ4v) is 4.87. The number of phenolic OH excluding ortho intramolecular Hbond substituents is 1. The Hall–Kier alpha value is -2.29. The predicted molar refractivity (Wildman–Crippen MR) is 109 cm³/mol. The number of fused-ring (bicyclic) bond motifs is 2. The molecular formula is C19H18BrN3O3S. The number of aromatic amines is 1. The Bertz CT molecular complexity index is 1170. The maximum absolute atomic E-state index is 13.0. The number of aromatic hydroxyl groups is 1. The van der Waals surface area contributed by atoms with Crippen molar-refractivity contribution in [2.24, 2.45) is 0 Å². The second kappa shape index (κ2) is 6.40. The van der Waals surface area contributed by atoms with Crippen LogP contribution in [-0.2, 0) is 10.2 Å². The van der Waals surface area contributed by atoms with Crippen LogP contribution in [0.1, 0.15) is 22.7 Å². The number of hydrogen-bond acceptors (Lipinski definition) is 3. The summed E-state index contributed by atoms with van der Waals surface area (Å²) < 4.78 is 29.5. The molecule has 0 aliphatic carbocycles. The van der Waals surface area contributed by atoms with Crippen LogP contribution in [0.25, 0.3) is 17.0 Å². The third kappa shape index (κ3) is 2.84. The fraction of sp³-hybridized carbons (Fsp3) is 0.158. The highest BCUT2D eigenvalue weighted by Gasteiger charge is 2.36. The number of hydrogen-bond donors (Lipinski definition) is 2. The first-order valence-electron chi connectivity index (χ1n) is 8.28. The molecule has 0 radical (unpaired) electrons. The average Bonchev–Trinajstić information content (AvgIpc) is 3.05. The molecule has 1 unspecified atom stereocenters. The lowest BCUT2D eigenvalue weighted by Gasteiger charge is -2.35. The van der Waals surface area contributed by atoms with Crippen molar-refractivity contribution in [1.82, 2.24) is 13.6 Å². The van der Waals surface area contributed by atoms with E-state index in [1.165, 1.54) is 22.7 Å². The molecule has 1 atom stereocenters. The Morgan fingerprint density at radius 3 is 2.70 bits per heavy atom. The summed E-state index contributed by atoms with van der Waals surface area (Å²) in [5.74, 6) is 0.128. The zero-order valence-electron chi connectivity index (χ0n) is 14.7. The lowest BCUT2D eigenvalue weighted by molar-refractivity contribution is 0.403. The highest BCUT2D eigenvalue weighted by Crippen LogP contribution is 2.42. The maximum Gasteiger partial charge on any atom is 0.303 e. The number of H-pyrrole nitrogens is 1. The van der Waals surface area contributed by atoms with E-state index in [9.17, 15) is 13.5 Å². The smallest absolute Gasteiger partial charge is 0.303 e. The minimum Gasteiger partial charge on any atom is -0.506 e. The minimum atomic E-state index is -3.72. The molecule has 0 spiro atoms. The second-order valence-corrected chi connectivity index (χ2v) is 9.52. The molecule has 1 aliphatic rings. The first-order valence-corrected chi connectivity index (χ1v) is 10.5. The van der Waals surface area contributed by atoms with Gasteiger partial charge in [-0.1, -0.05) is 34.1 Å². The summed E-state index contributed by atoms with van der Waals surface area (Å²) in [5, 5.41) is 10.9. The summed E-state index contributed by atoms with van der Waals surface area (Å²) in [4.78, 5) is 3.08. The molecule has 27 heavy (non-hydrogen) atoms. The summed E-state index contributed by atoms with van der Waals surface area (Å²) in [6.45, 7) is 0. The Kier molecular flexibility index (Phi) is 4.29. The first-order chi connectivity index (χ1) is 12.8. The molecule has 2 aromatic carbocycles. The van der Waals surface area contributed by atoms with Gasteiger partial charge in [0.25, 0.3) is 0 Å². The van der Waals surface area contributed by atoms with Gasteiger partial charge in [0.15, 0.2) is 0 Å². The standard InChI is InChI=1S/C19H18BrN3O3S/c1-22(2)27(25,26)23-9-8-12-10-13(20)6-7-14(12)19(23)16-11-21-18-15(16)4-3-5-17(18)24/h3-11,19,21,24H,1-2H3. The number of halogens is 1. The van der Waals surface area contributed by atoms with Gasteiger partial charge in [0, 0.05) is 41.9 Å². The van der Waals surface area contributed by atoms with Gasteiger partial charge >= 0.3 is 10.2 Å². The third-order valence-electron chi connectivity index (χ3n) is 4.75. The Morgan fingerprint density at radius 1 is 1.19 bits per heavy atom. The van der Waals surface area contributed by atoms with Crippen LogP contribution in [0.4, 0.5) is 0 Å². The second-order valence-electron chi connectivity index (χ2n) is 6.56. The van der Waals surface area contributed by atoms with E-state index in [0.717, 1.165) is 26.5 Å². The Labute approximate surface area is 166 Å². The van der Waals surface area contributed by atoms with E-state index in [1.54, 1.807) is 30.6 Å². The summed E-state index contributed by atoms with van der Waals surface area (Å²) in [7, 11) is -0.690. The van der Waals surface area contributed by atoms with Crippen LogP contribution in [0.3, 0.4) is 0 Å². The van der Waals surface area contributed by atoms with Crippen molar-refractivity contribution >= 4 is 43.1 Å². The lowest BCUT2D eigenvalue weighted by Crippen LogP contribution is -2.40. The van der Waals surface area contributed by atoms with Crippen LogP contribution in [0.2, 0.25) is 0 Å². The number of nitrogens with zero attached hydrogens (tertiary/aromatic N) is 2. The molecule has 0 saturated heterocycles. The zero-order valence-corrected chi connectivity index (χ0v) is 17.1. The molecule has 0 saturated carbocycles. The molecule has 2 heterocycles. The number of rotatable bonds is 3. The van der Waals surface area contributed by atoms with E-state index >= 15 is 0 Å². The van der Waals surface area contributed by atoms with E-state index in [1.807, 2.05) is 24.3 Å². The van der Waals surface area contributed by atoms with Gasteiger partial charge in [-0.2, -0.15) is 12.7 Å². The van der Waals surface area contributed by atoms with E-state index in [-0.39, 0.29) is 5.75 Å². The minimum absolute atomic E-state index is 0.128. The maximum atomic E-state index is 13.0. The highest BCUT2D eigenvalue weighted by molar-refractivity contribution is 9.10. The number of nitrogens with one attached hydrogen (secondary N) is 1. The summed E-state index contributed by atoms with van der Waals surface area (Å²) >= 11 is 3.47. The third-order valence-corrected chi connectivity index (χ3v) is 7.03. The van der Waals surface area contributed by atoms with Crippen LogP contribution in [0.5, 0.6) is 5.75 Å².